The van der Waals surface area contributed by atoms with Crippen molar-refractivity contribution in [1.82, 2.24) is 20.4 Å². The van der Waals surface area contributed by atoms with Crippen molar-refractivity contribution in [2.24, 2.45) is 4.99 Å². The van der Waals surface area contributed by atoms with Crippen molar-refractivity contribution in [3.05, 3.63) is 71.4 Å². The normalized spacial score (nSPS) is 14.5. The highest BCUT2D eigenvalue weighted by molar-refractivity contribution is 14.0. The van der Waals surface area contributed by atoms with Gasteiger partial charge in [-0.2, -0.15) is 10.4 Å². The summed E-state index contributed by atoms with van der Waals surface area (Å²) in [7, 11) is 1.75. The minimum absolute atomic E-state index is 0. The monoisotopic (exact) mass is 557 g/mol. The molecule has 33 heavy (non-hydrogen) atoms. The first-order valence-electron chi connectivity index (χ1n) is 10.7. The summed E-state index contributed by atoms with van der Waals surface area (Å²) in [6.45, 7) is 1.36. The molecule has 2 heterocycles. The van der Waals surface area contributed by atoms with E-state index in [2.05, 4.69) is 32.9 Å². The van der Waals surface area contributed by atoms with Gasteiger partial charge in [-0.3, -0.25) is 4.99 Å². The molecule has 1 aliphatic rings. The number of aliphatic imine (C=N–C) groups is 1. The third-order valence-electron chi connectivity index (χ3n) is 5.42. The van der Waals surface area contributed by atoms with Gasteiger partial charge in [-0.15, -0.1) is 24.0 Å². The van der Waals surface area contributed by atoms with Crippen molar-refractivity contribution in [3.8, 4) is 17.5 Å². The van der Waals surface area contributed by atoms with Crippen molar-refractivity contribution in [2.75, 3.05) is 25.9 Å². The standard InChI is InChI=1S/C24H27N7O.HI/c1-27-24(29-16-19-14-17-8-5-6-12-22(17)32-19)28-13-7-11-21-20(15-25)23(26)31(30-21)18-9-3-2-4-10-18;/h2-6,8-10,12,19H,7,11,13-14,16,26H2,1H3,(H2,27,28,29);1H. The number of halogens is 1. The number of fused-ring (bicyclic) bond motifs is 1. The van der Waals surface area contributed by atoms with E-state index in [1.807, 2.05) is 48.5 Å². The summed E-state index contributed by atoms with van der Waals surface area (Å²) in [5, 5.41) is 20.8. The lowest BCUT2D eigenvalue weighted by atomic mass is 10.1. The Morgan fingerprint density at radius 2 is 1.97 bits per heavy atom. The van der Waals surface area contributed by atoms with Gasteiger partial charge >= 0.3 is 0 Å². The van der Waals surface area contributed by atoms with Crippen LogP contribution in [0.5, 0.6) is 5.75 Å². The number of rotatable bonds is 7. The van der Waals surface area contributed by atoms with Crippen molar-refractivity contribution in [3.63, 3.8) is 0 Å². The van der Waals surface area contributed by atoms with Gasteiger partial charge in [0.15, 0.2) is 5.96 Å². The lowest BCUT2D eigenvalue weighted by Gasteiger charge is -2.15. The first-order chi connectivity index (χ1) is 15.7. The molecule has 4 rings (SSSR count). The SMILES string of the molecule is CN=C(NCCCc1nn(-c2ccccc2)c(N)c1C#N)NCC1Cc2ccccc2O1.I. The number of guanidine groups is 1. The van der Waals surface area contributed by atoms with Gasteiger partial charge in [0.1, 0.15) is 29.3 Å². The second-order valence-corrected chi connectivity index (χ2v) is 7.60. The molecular formula is C24H28IN7O. The summed E-state index contributed by atoms with van der Waals surface area (Å²) in [4.78, 5) is 4.28. The predicted octanol–water partition coefficient (Wildman–Crippen LogP) is 3.05. The van der Waals surface area contributed by atoms with Crippen LogP contribution in [-0.2, 0) is 12.8 Å². The van der Waals surface area contributed by atoms with Crippen LogP contribution in [0.25, 0.3) is 5.69 Å². The van der Waals surface area contributed by atoms with Crippen LogP contribution in [0.4, 0.5) is 5.82 Å². The van der Waals surface area contributed by atoms with Crippen LogP contribution in [0.2, 0.25) is 0 Å². The van der Waals surface area contributed by atoms with Gasteiger partial charge in [-0.05, 0) is 36.6 Å². The molecule has 0 aliphatic carbocycles. The maximum atomic E-state index is 9.54. The lowest BCUT2D eigenvalue weighted by molar-refractivity contribution is 0.235. The highest BCUT2D eigenvalue weighted by Crippen LogP contribution is 2.27. The molecule has 1 aliphatic heterocycles. The molecule has 2 aromatic carbocycles. The average molecular weight is 557 g/mol. The zero-order valence-electron chi connectivity index (χ0n) is 18.5. The second-order valence-electron chi connectivity index (χ2n) is 7.60. The summed E-state index contributed by atoms with van der Waals surface area (Å²) in [5.74, 6) is 2.06. The molecule has 3 aromatic rings. The molecule has 0 saturated carbocycles. The third kappa shape index (κ3) is 5.76. The number of nitrogens with one attached hydrogen (secondary N) is 2. The number of hydrogen-bond donors (Lipinski definition) is 3. The Morgan fingerprint density at radius 3 is 2.70 bits per heavy atom. The number of nitrogen functional groups attached to an aromatic ring is 1. The number of nitriles is 1. The molecule has 8 nitrogen and oxygen atoms in total. The van der Waals surface area contributed by atoms with Crippen LogP contribution in [-0.4, -0.2) is 42.0 Å². The van der Waals surface area contributed by atoms with Gasteiger partial charge in [0, 0.05) is 20.0 Å². The number of hydrogen-bond acceptors (Lipinski definition) is 5. The van der Waals surface area contributed by atoms with E-state index in [0.717, 1.165) is 30.2 Å². The molecular weight excluding hydrogens is 529 g/mol. The van der Waals surface area contributed by atoms with E-state index in [4.69, 9.17) is 10.5 Å². The molecule has 1 aromatic heterocycles. The highest BCUT2D eigenvalue weighted by Gasteiger charge is 2.22. The molecule has 0 bridgehead atoms. The average Bonchev–Trinajstić information content (AvgIpc) is 3.39. The fraction of sp³-hybridized carbons (Fsp3) is 0.292. The minimum atomic E-state index is 0. The van der Waals surface area contributed by atoms with Crippen molar-refractivity contribution >= 4 is 35.8 Å². The number of para-hydroxylation sites is 2. The van der Waals surface area contributed by atoms with E-state index in [0.29, 0.717) is 36.6 Å². The van der Waals surface area contributed by atoms with E-state index in [9.17, 15) is 5.26 Å². The van der Waals surface area contributed by atoms with E-state index in [1.165, 1.54) is 5.56 Å². The highest BCUT2D eigenvalue weighted by atomic mass is 127. The zero-order chi connectivity index (χ0) is 22.3. The van der Waals surface area contributed by atoms with Crippen LogP contribution in [0.3, 0.4) is 0 Å². The summed E-state index contributed by atoms with van der Waals surface area (Å²) in [5.41, 5.74) is 9.40. The summed E-state index contributed by atoms with van der Waals surface area (Å²) in [6.07, 6.45) is 2.40. The first kappa shape index (κ1) is 24.4. The quantitative estimate of drug-likeness (QED) is 0.178. The van der Waals surface area contributed by atoms with Gasteiger partial charge in [0.05, 0.1) is 17.9 Å². The number of anilines is 1. The molecule has 0 saturated heterocycles. The Balaban J connectivity index is 0.00000306. The number of aromatic nitrogens is 2. The third-order valence-corrected chi connectivity index (χ3v) is 5.42. The molecule has 1 atom stereocenters. The van der Waals surface area contributed by atoms with Crippen LogP contribution < -0.4 is 21.1 Å². The Kier molecular flexibility index (Phi) is 8.54. The maximum Gasteiger partial charge on any atom is 0.191 e. The van der Waals surface area contributed by atoms with E-state index in [-0.39, 0.29) is 30.1 Å². The van der Waals surface area contributed by atoms with Crippen LogP contribution >= 0.6 is 24.0 Å². The summed E-state index contributed by atoms with van der Waals surface area (Å²) in [6, 6.07) is 19.9. The van der Waals surface area contributed by atoms with Gasteiger partial charge in [0.2, 0.25) is 0 Å². The molecule has 0 amide bonds. The van der Waals surface area contributed by atoms with Crippen molar-refractivity contribution in [2.45, 2.75) is 25.4 Å². The topological polar surface area (TPSA) is 113 Å². The number of ether oxygens (including phenoxy) is 1. The van der Waals surface area contributed by atoms with Gasteiger partial charge in [0.25, 0.3) is 0 Å². The Bertz CT molecular complexity index is 1110. The largest absolute Gasteiger partial charge is 0.488 e. The number of aryl methyl sites for hydroxylation is 1. The van der Waals surface area contributed by atoms with Crippen LogP contribution in [0, 0.1) is 11.3 Å². The number of benzene rings is 2. The van der Waals surface area contributed by atoms with Gasteiger partial charge in [-0.25, -0.2) is 4.68 Å². The van der Waals surface area contributed by atoms with Gasteiger partial charge in [-0.1, -0.05) is 36.4 Å². The predicted molar refractivity (Wildman–Crippen MR) is 140 cm³/mol. The van der Waals surface area contributed by atoms with E-state index >= 15 is 0 Å². The molecule has 1 unspecified atom stereocenters. The minimum Gasteiger partial charge on any atom is -0.488 e. The number of nitrogens with zero attached hydrogens (tertiary/aromatic N) is 4. The fourth-order valence-corrected chi connectivity index (χ4v) is 3.80. The molecule has 0 radical (unpaired) electrons. The van der Waals surface area contributed by atoms with Crippen LogP contribution in [0.1, 0.15) is 23.2 Å². The number of nitrogens with two attached hydrogens (primary N) is 1. The molecule has 172 valence electrons. The maximum absolute atomic E-state index is 9.54. The van der Waals surface area contributed by atoms with E-state index < -0.39 is 0 Å². The summed E-state index contributed by atoms with van der Waals surface area (Å²) >= 11 is 0. The molecule has 4 N–H and O–H groups in total. The van der Waals surface area contributed by atoms with E-state index in [1.54, 1.807) is 11.7 Å². The Hall–Kier alpha value is -3.26. The lowest BCUT2D eigenvalue weighted by Crippen LogP contribution is -2.42. The Labute approximate surface area is 210 Å². The van der Waals surface area contributed by atoms with Gasteiger partial charge < -0.3 is 21.1 Å². The second kappa shape index (κ2) is 11.6. The molecule has 0 fully saturated rings. The van der Waals surface area contributed by atoms with Crippen molar-refractivity contribution < 1.29 is 4.74 Å². The Morgan fingerprint density at radius 1 is 1.21 bits per heavy atom. The molecule has 0 spiro atoms. The smallest absolute Gasteiger partial charge is 0.191 e. The molecule has 9 heteroatoms. The summed E-state index contributed by atoms with van der Waals surface area (Å²) < 4.78 is 7.59. The fourth-order valence-electron chi connectivity index (χ4n) is 3.80. The van der Waals surface area contributed by atoms with Crippen molar-refractivity contribution in [1.29, 1.82) is 5.26 Å². The first-order valence-corrected chi connectivity index (χ1v) is 10.7. The zero-order valence-corrected chi connectivity index (χ0v) is 20.8. The van der Waals surface area contributed by atoms with Crippen LogP contribution in [0.15, 0.2) is 59.6 Å².